The number of benzene rings is 1. The van der Waals surface area contributed by atoms with E-state index in [-0.39, 0.29) is 47.4 Å². The molecule has 0 saturated carbocycles. The number of ether oxygens (including phenoxy) is 1. The summed E-state index contributed by atoms with van der Waals surface area (Å²) in [6.07, 6.45) is -6.25. The summed E-state index contributed by atoms with van der Waals surface area (Å²) in [7, 11) is -16.4. The number of imidazole rings is 1. The van der Waals surface area contributed by atoms with Crippen LogP contribution in [0.5, 0.6) is 11.5 Å². The van der Waals surface area contributed by atoms with Gasteiger partial charge in [-0.25, -0.2) is 28.6 Å². The number of anilines is 1. The van der Waals surface area contributed by atoms with Gasteiger partial charge in [0.05, 0.1) is 19.5 Å². The topological polar surface area (TPSA) is 387 Å². The number of hydrogen-bond donors (Lipinski definition) is 11. The zero-order valence-electron chi connectivity index (χ0n) is 30.7. The Bertz CT molecular complexity index is 2060. The second kappa shape index (κ2) is 19.8. The highest BCUT2D eigenvalue weighted by Gasteiger charge is 2.50. The number of aromatic hydroxyl groups is 2. The molecule has 58 heavy (non-hydrogen) atoms. The van der Waals surface area contributed by atoms with E-state index in [1.165, 1.54) is 26.0 Å². The van der Waals surface area contributed by atoms with Crippen molar-refractivity contribution >= 4 is 64.0 Å². The first kappa shape index (κ1) is 47.4. The number of nitrogen functional groups attached to an aromatic ring is 1. The maximum Gasteiger partial charge on any atom is 0.481 e. The summed E-state index contributed by atoms with van der Waals surface area (Å²) in [5.41, 5.74) is 5.10. The van der Waals surface area contributed by atoms with Crippen molar-refractivity contribution in [2.75, 3.05) is 43.5 Å². The van der Waals surface area contributed by atoms with Gasteiger partial charge in [-0.05, 0) is 29.9 Å². The lowest BCUT2D eigenvalue weighted by Gasteiger charge is -2.30. The van der Waals surface area contributed by atoms with Crippen molar-refractivity contribution in [3.8, 4) is 11.5 Å². The number of carbonyl (C=O) groups excluding carboxylic acids is 2. The first-order valence-electron chi connectivity index (χ1n) is 17.0. The normalized spacial score (nSPS) is 21.3. The van der Waals surface area contributed by atoms with Crippen LogP contribution in [0.4, 0.5) is 5.82 Å². The third kappa shape index (κ3) is 13.6. The maximum absolute atomic E-state index is 12.7. The van der Waals surface area contributed by atoms with Crippen LogP contribution in [0.25, 0.3) is 11.2 Å². The average Bonchev–Trinajstić information content (AvgIpc) is 3.69. The standard InChI is InChI=1S/C29H44N7O18P3S/c1-29(2,24(41)27(42)32-7-5-20(39)31-8-10-58-9-6-16-3-4-17(37)18(38)11-16)13-51-57(48,49)54-56(46,47)50-12-19-23(53-55(43,44)45)22(40)28(52-19)36-15-35-21-25(30)33-14-34-26(21)36/h3-4,11,14-15,19,22-24,28,37-38,40-41H,5-10,12-13H2,1-2H3,(H,31,39)(H,32,42)(H,46,47)(H,48,49)(H2,30,33,34)(H2,43,44,45)/t19-,22-,23-,24+,28-/m1/s1. The number of carbonyl (C=O) groups is 2. The molecule has 2 unspecified atom stereocenters. The molecule has 1 aromatic carbocycles. The number of fused-ring (bicyclic) bond motifs is 1. The van der Waals surface area contributed by atoms with E-state index in [4.69, 9.17) is 19.5 Å². The van der Waals surface area contributed by atoms with Gasteiger partial charge in [-0.1, -0.05) is 19.9 Å². The zero-order chi connectivity index (χ0) is 43.1. The number of nitrogens with one attached hydrogen (secondary N) is 2. The molecule has 0 radical (unpaired) electrons. The molecule has 0 spiro atoms. The van der Waals surface area contributed by atoms with Crippen molar-refractivity contribution in [3.05, 3.63) is 36.4 Å². The molecule has 2 amide bonds. The van der Waals surface area contributed by atoms with Crippen molar-refractivity contribution in [1.29, 1.82) is 0 Å². The Balaban J connectivity index is 1.20. The highest BCUT2D eigenvalue weighted by atomic mass is 32.2. The van der Waals surface area contributed by atoms with Crippen LogP contribution >= 0.6 is 35.2 Å². The fourth-order valence-electron chi connectivity index (χ4n) is 5.22. The van der Waals surface area contributed by atoms with Crippen molar-refractivity contribution < 1.29 is 85.9 Å². The summed E-state index contributed by atoms with van der Waals surface area (Å²) in [6.45, 7) is 0.655. The van der Waals surface area contributed by atoms with Crippen molar-refractivity contribution in [3.63, 3.8) is 0 Å². The molecule has 1 aliphatic rings. The van der Waals surface area contributed by atoms with Gasteiger partial charge in [-0.3, -0.25) is 27.7 Å². The Hall–Kier alpha value is -3.29. The summed E-state index contributed by atoms with van der Waals surface area (Å²) < 4.78 is 62.2. The molecule has 0 bridgehead atoms. The van der Waals surface area contributed by atoms with Crippen LogP contribution in [0.15, 0.2) is 30.9 Å². The molecule has 25 nitrogen and oxygen atoms in total. The van der Waals surface area contributed by atoms with Gasteiger partial charge >= 0.3 is 23.5 Å². The predicted octanol–water partition coefficient (Wildman–Crippen LogP) is -0.208. The van der Waals surface area contributed by atoms with Gasteiger partial charge in [0.2, 0.25) is 11.8 Å². The molecule has 29 heteroatoms. The number of phosphoric ester groups is 3. The number of rotatable bonds is 22. The predicted molar refractivity (Wildman–Crippen MR) is 200 cm³/mol. The molecule has 1 aliphatic heterocycles. The molecular formula is C29H44N7O18P3S. The fraction of sp³-hybridized carbons (Fsp3) is 0.552. The Kier molecular flexibility index (Phi) is 16.2. The number of phenols is 2. The average molecular weight is 904 g/mol. The molecule has 2 aromatic heterocycles. The Morgan fingerprint density at radius 2 is 1.72 bits per heavy atom. The van der Waals surface area contributed by atoms with Crippen LogP contribution in [0.1, 0.15) is 32.1 Å². The molecule has 324 valence electrons. The minimum atomic E-state index is -5.57. The summed E-state index contributed by atoms with van der Waals surface area (Å²) in [5, 5.41) is 45.4. The quantitative estimate of drug-likeness (QED) is 0.0353. The lowest BCUT2D eigenvalue weighted by molar-refractivity contribution is -0.137. The van der Waals surface area contributed by atoms with Gasteiger partial charge in [0.15, 0.2) is 29.2 Å². The number of aromatic nitrogens is 4. The van der Waals surface area contributed by atoms with Crippen LogP contribution in [-0.4, -0.2) is 134 Å². The number of thioether (sulfide) groups is 1. The molecule has 3 heterocycles. The largest absolute Gasteiger partial charge is 0.504 e. The van der Waals surface area contributed by atoms with Crippen LogP contribution in [-0.2, 0) is 52.3 Å². The minimum Gasteiger partial charge on any atom is -0.504 e. The third-order valence-electron chi connectivity index (χ3n) is 8.22. The van der Waals surface area contributed by atoms with E-state index >= 15 is 0 Å². The number of aliphatic hydroxyl groups is 2. The van der Waals surface area contributed by atoms with Gasteiger partial charge < -0.3 is 61.1 Å². The molecule has 1 fully saturated rings. The maximum atomic E-state index is 12.7. The first-order valence-corrected chi connectivity index (χ1v) is 22.6. The number of hydrogen-bond acceptors (Lipinski definition) is 19. The number of phosphoric acid groups is 3. The second-order valence-corrected chi connectivity index (χ2v) is 18.7. The number of nitrogens with zero attached hydrogens (tertiary/aromatic N) is 4. The minimum absolute atomic E-state index is 0.0293. The molecule has 12 N–H and O–H groups in total. The molecule has 0 aliphatic carbocycles. The lowest BCUT2D eigenvalue weighted by Crippen LogP contribution is -2.46. The fourth-order valence-corrected chi connectivity index (χ4v) is 8.88. The number of amides is 2. The van der Waals surface area contributed by atoms with Crippen molar-refractivity contribution in [2.24, 2.45) is 5.41 Å². The van der Waals surface area contributed by atoms with E-state index in [0.717, 1.165) is 22.8 Å². The van der Waals surface area contributed by atoms with Crippen molar-refractivity contribution in [2.45, 2.75) is 57.3 Å². The SMILES string of the molecule is CC(C)(COP(=O)(O)OP(=O)(O)OC[C@H]1O[C@@H](n2cnc3c(N)ncnc32)[C@H](O)[C@@H]1OP(=O)(O)O)[C@@H](O)C(=O)NCCC(=O)NCCSCCc1ccc(O)c(O)c1. The van der Waals surface area contributed by atoms with Crippen LogP contribution in [0, 0.1) is 5.41 Å². The monoisotopic (exact) mass is 903 g/mol. The number of aliphatic hydroxyl groups excluding tert-OH is 2. The van der Waals surface area contributed by atoms with E-state index < -0.39 is 78.6 Å². The van der Waals surface area contributed by atoms with Gasteiger partial charge in [-0.2, -0.15) is 16.1 Å². The van der Waals surface area contributed by atoms with E-state index in [9.17, 15) is 63.3 Å². The molecule has 4 rings (SSSR count). The van der Waals surface area contributed by atoms with Gasteiger partial charge in [-0.15, -0.1) is 0 Å². The highest BCUT2D eigenvalue weighted by Crippen LogP contribution is 2.61. The van der Waals surface area contributed by atoms with E-state index in [1.807, 2.05) is 0 Å². The highest BCUT2D eigenvalue weighted by molar-refractivity contribution is 7.99. The molecule has 1 saturated heterocycles. The van der Waals surface area contributed by atoms with Gasteiger partial charge in [0.25, 0.3) is 0 Å². The Morgan fingerprint density at radius 3 is 2.41 bits per heavy atom. The van der Waals surface area contributed by atoms with Gasteiger partial charge in [0.1, 0.15) is 36.3 Å². The Labute approximate surface area is 333 Å². The molecule has 7 atom stereocenters. The zero-order valence-corrected chi connectivity index (χ0v) is 34.2. The summed E-state index contributed by atoms with van der Waals surface area (Å²) in [5.74, 6) is -0.531. The summed E-state index contributed by atoms with van der Waals surface area (Å²) in [4.78, 5) is 75.7. The Morgan fingerprint density at radius 1 is 1.02 bits per heavy atom. The first-order chi connectivity index (χ1) is 27.0. The van der Waals surface area contributed by atoms with Crippen molar-refractivity contribution in [1.82, 2.24) is 30.2 Å². The third-order valence-corrected chi connectivity index (χ3v) is 12.3. The second-order valence-electron chi connectivity index (χ2n) is 13.3. The van der Waals surface area contributed by atoms with Crippen LogP contribution in [0.3, 0.4) is 0 Å². The molecular weight excluding hydrogens is 859 g/mol. The van der Waals surface area contributed by atoms with E-state index in [1.54, 1.807) is 17.8 Å². The van der Waals surface area contributed by atoms with Gasteiger partial charge in [0, 0.05) is 30.7 Å². The lowest BCUT2D eigenvalue weighted by atomic mass is 9.87. The van der Waals surface area contributed by atoms with Crippen LogP contribution in [0.2, 0.25) is 0 Å². The number of nitrogens with two attached hydrogens (primary N) is 1. The van der Waals surface area contributed by atoms with Crippen LogP contribution < -0.4 is 16.4 Å². The molecule has 3 aromatic rings. The number of phenolic OH excluding ortho intramolecular Hbond substituents is 2. The smallest absolute Gasteiger partial charge is 0.481 e. The summed E-state index contributed by atoms with van der Waals surface area (Å²) >= 11 is 1.55. The summed E-state index contributed by atoms with van der Waals surface area (Å²) in [6, 6.07) is 4.56. The number of aryl methyl sites for hydroxylation is 1. The van der Waals surface area contributed by atoms with E-state index in [0.29, 0.717) is 24.5 Å². The van der Waals surface area contributed by atoms with E-state index in [2.05, 4.69) is 34.4 Å².